The predicted molar refractivity (Wildman–Crippen MR) is 72.4 cm³/mol. The molecule has 3 rings (SSSR count). The minimum atomic E-state index is -0.784. The minimum absolute atomic E-state index is 0.531. The molecule has 0 saturated heterocycles. The molecule has 19 heavy (non-hydrogen) atoms. The van der Waals surface area contributed by atoms with Gasteiger partial charge in [-0.15, -0.1) is 0 Å². The number of furan rings is 1. The smallest absolute Gasteiger partial charge is 0.137 e. The highest BCUT2D eigenvalue weighted by Crippen LogP contribution is 2.30. The number of hydrogen-bond acceptors (Lipinski definition) is 3. The molecule has 0 spiro atoms. The highest BCUT2D eigenvalue weighted by molar-refractivity contribution is 5.64. The molecule has 2 aromatic heterocycles. The highest BCUT2D eigenvalue weighted by atomic mass is 16.4. The zero-order chi connectivity index (χ0) is 13.1. The molecule has 94 valence electrons. The van der Waals surface area contributed by atoms with Gasteiger partial charge in [-0.05, 0) is 29.8 Å². The van der Waals surface area contributed by atoms with Crippen molar-refractivity contribution in [2.45, 2.75) is 6.10 Å². The lowest BCUT2D eigenvalue weighted by Crippen LogP contribution is -2.01. The number of aromatic nitrogens is 1. The van der Waals surface area contributed by atoms with Gasteiger partial charge in [-0.1, -0.05) is 30.3 Å². The molecule has 3 nitrogen and oxygen atoms in total. The number of benzene rings is 1. The van der Waals surface area contributed by atoms with Crippen molar-refractivity contribution in [1.29, 1.82) is 0 Å². The van der Waals surface area contributed by atoms with E-state index in [1.54, 1.807) is 24.6 Å². The lowest BCUT2D eigenvalue weighted by atomic mass is 9.98. The van der Waals surface area contributed by atoms with E-state index in [9.17, 15) is 5.11 Å². The van der Waals surface area contributed by atoms with Gasteiger partial charge in [-0.25, -0.2) is 0 Å². The Bertz CT molecular complexity index is 648. The molecule has 0 fully saturated rings. The van der Waals surface area contributed by atoms with Crippen LogP contribution in [0, 0.1) is 0 Å². The molecule has 0 amide bonds. The van der Waals surface area contributed by atoms with Gasteiger partial charge in [0.2, 0.25) is 0 Å². The van der Waals surface area contributed by atoms with E-state index in [0.29, 0.717) is 5.76 Å². The largest absolute Gasteiger partial charge is 0.466 e. The first-order chi connectivity index (χ1) is 9.36. The third-order valence-corrected chi connectivity index (χ3v) is 3.01. The van der Waals surface area contributed by atoms with Gasteiger partial charge in [-0.3, -0.25) is 4.98 Å². The molecular formula is C16H13NO2. The van der Waals surface area contributed by atoms with Gasteiger partial charge in [0.25, 0.3) is 0 Å². The zero-order valence-corrected chi connectivity index (χ0v) is 10.2. The Morgan fingerprint density at radius 1 is 0.947 bits per heavy atom. The Balaban J connectivity index is 2.08. The van der Waals surface area contributed by atoms with E-state index in [2.05, 4.69) is 4.98 Å². The van der Waals surface area contributed by atoms with E-state index in [4.69, 9.17) is 4.42 Å². The van der Waals surface area contributed by atoms with Crippen LogP contribution in [0.4, 0.5) is 0 Å². The molecule has 0 aliphatic carbocycles. The summed E-state index contributed by atoms with van der Waals surface area (Å²) in [7, 11) is 0. The summed E-state index contributed by atoms with van der Waals surface area (Å²) in [5.41, 5.74) is 2.53. The van der Waals surface area contributed by atoms with Crippen LogP contribution in [0.1, 0.15) is 17.4 Å². The van der Waals surface area contributed by atoms with Crippen LogP contribution < -0.4 is 0 Å². The molecule has 0 saturated carbocycles. The van der Waals surface area contributed by atoms with Crippen molar-refractivity contribution in [3.8, 4) is 11.3 Å². The number of hydrogen-bond donors (Lipinski definition) is 1. The fourth-order valence-electron chi connectivity index (χ4n) is 2.09. The highest BCUT2D eigenvalue weighted by Gasteiger charge is 2.17. The van der Waals surface area contributed by atoms with Gasteiger partial charge >= 0.3 is 0 Å². The molecule has 0 radical (unpaired) electrons. The standard InChI is InChI=1S/C16H13NO2/c18-16(15-9-5-11-19-15)13-7-2-1-6-12(13)14-8-3-4-10-17-14/h1-11,16,18H. The van der Waals surface area contributed by atoms with E-state index in [1.807, 2.05) is 42.5 Å². The molecular weight excluding hydrogens is 238 g/mol. The predicted octanol–water partition coefficient (Wildman–Crippen LogP) is 3.42. The third kappa shape index (κ3) is 2.28. The maximum absolute atomic E-state index is 10.4. The van der Waals surface area contributed by atoms with E-state index < -0.39 is 6.10 Å². The number of rotatable bonds is 3. The lowest BCUT2D eigenvalue weighted by Gasteiger charge is -2.13. The Labute approximate surface area is 111 Å². The second-order valence-electron chi connectivity index (χ2n) is 4.22. The average molecular weight is 251 g/mol. The van der Waals surface area contributed by atoms with Crippen molar-refractivity contribution < 1.29 is 9.52 Å². The van der Waals surface area contributed by atoms with Gasteiger partial charge < -0.3 is 9.52 Å². The van der Waals surface area contributed by atoms with E-state index in [0.717, 1.165) is 16.8 Å². The summed E-state index contributed by atoms with van der Waals surface area (Å²) in [6.07, 6.45) is 2.51. The number of aliphatic hydroxyl groups is 1. The first-order valence-corrected chi connectivity index (χ1v) is 6.08. The summed E-state index contributed by atoms with van der Waals surface area (Å²) in [4.78, 5) is 4.33. The van der Waals surface area contributed by atoms with Gasteiger partial charge in [0.1, 0.15) is 11.9 Å². The molecule has 1 N–H and O–H groups in total. The fraction of sp³-hybridized carbons (Fsp3) is 0.0625. The van der Waals surface area contributed by atoms with Crippen LogP contribution in [0.15, 0.2) is 71.5 Å². The van der Waals surface area contributed by atoms with Crippen molar-refractivity contribution in [3.63, 3.8) is 0 Å². The molecule has 1 aromatic carbocycles. The van der Waals surface area contributed by atoms with Gasteiger partial charge in [0.05, 0.1) is 12.0 Å². The summed E-state index contributed by atoms with van der Waals surface area (Å²) in [6, 6.07) is 16.9. The van der Waals surface area contributed by atoms with Crippen molar-refractivity contribution in [1.82, 2.24) is 4.98 Å². The van der Waals surface area contributed by atoms with E-state index in [-0.39, 0.29) is 0 Å². The second-order valence-corrected chi connectivity index (χ2v) is 4.22. The van der Waals surface area contributed by atoms with Crippen molar-refractivity contribution in [2.75, 3.05) is 0 Å². The Kier molecular flexibility index (Phi) is 3.12. The first-order valence-electron chi connectivity index (χ1n) is 6.08. The van der Waals surface area contributed by atoms with Crippen molar-refractivity contribution in [2.24, 2.45) is 0 Å². The fourth-order valence-corrected chi connectivity index (χ4v) is 2.09. The van der Waals surface area contributed by atoms with Crippen LogP contribution in [-0.2, 0) is 0 Å². The molecule has 3 aromatic rings. The van der Waals surface area contributed by atoms with Crippen molar-refractivity contribution >= 4 is 0 Å². The normalized spacial score (nSPS) is 12.3. The molecule has 2 heterocycles. The minimum Gasteiger partial charge on any atom is -0.466 e. The summed E-state index contributed by atoms with van der Waals surface area (Å²) in [6.45, 7) is 0. The number of nitrogens with zero attached hydrogens (tertiary/aromatic N) is 1. The molecule has 0 aliphatic rings. The number of pyridine rings is 1. The SMILES string of the molecule is OC(c1ccco1)c1ccccc1-c1ccccn1. The van der Waals surface area contributed by atoms with Crippen LogP contribution in [-0.4, -0.2) is 10.1 Å². The van der Waals surface area contributed by atoms with Crippen LogP contribution in [0.3, 0.4) is 0 Å². The second kappa shape index (κ2) is 5.08. The van der Waals surface area contributed by atoms with Crippen LogP contribution in [0.25, 0.3) is 11.3 Å². The monoisotopic (exact) mass is 251 g/mol. The quantitative estimate of drug-likeness (QED) is 0.775. The van der Waals surface area contributed by atoms with Gasteiger partial charge in [-0.2, -0.15) is 0 Å². The van der Waals surface area contributed by atoms with Crippen LogP contribution >= 0.6 is 0 Å². The van der Waals surface area contributed by atoms with Crippen LogP contribution in [0.2, 0.25) is 0 Å². The number of aliphatic hydroxyl groups excluding tert-OH is 1. The molecule has 3 heteroatoms. The van der Waals surface area contributed by atoms with Crippen LogP contribution in [0.5, 0.6) is 0 Å². The lowest BCUT2D eigenvalue weighted by molar-refractivity contribution is 0.190. The maximum atomic E-state index is 10.4. The third-order valence-electron chi connectivity index (χ3n) is 3.01. The Morgan fingerprint density at radius 3 is 2.53 bits per heavy atom. The molecule has 0 bridgehead atoms. The zero-order valence-electron chi connectivity index (χ0n) is 10.2. The van der Waals surface area contributed by atoms with E-state index >= 15 is 0 Å². The summed E-state index contributed by atoms with van der Waals surface area (Å²) in [5.74, 6) is 0.531. The summed E-state index contributed by atoms with van der Waals surface area (Å²) < 4.78 is 5.27. The summed E-state index contributed by atoms with van der Waals surface area (Å²) >= 11 is 0. The van der Waals surface area contributed by atoms with Crippen molar-refractivity contribution in [3.05, 3.63) is 78.4 Å². The van der Waals surface area contributed by atoms with E-state index in [1.165, 1.54) is 0 Å². The Hall–Kier alpha value is -2.39. The average Bonchev–Trinajstić information content (AvgIpc) is 3.02. The first kappa shape index (κ1) is 11.7. The maximum Gasteiger partial charge on any atom is 0.137 e. The molecule has 0 aliphatic heterocycles. The van der Waals surface area contributed by atoms with Gasteiger partial charge in [0, 0.05) is 11.8 Å². The molecule has 1 unspecified atom stereocenters. The summed E-state index contributed by atoms with van der Waals surface area (Å²) in [5, 5.41) is 10.4. The topological polar surface area (TPSA) is 46.3 Å². The molecule has 1 atom stereocenters. The van der Waals surface area contributed by atoms with Gasteiger partial charge in [0.15, 0.2) is 0 Å². The Morgan fingerprint density at radius 2 is 1.79 bits per heavy atom.